The predicted molar refractivity (Wildman–Crippen MR) is 103 cm³/mol. The van der Waals surface area contributed by atoms with Crippen LogP contribution in [0.25, 0.3) is 0 Å². The predicted octanol–water partition coefficient (Wildman–Crippen LogP) is 4.53. The van der Waals surface area contributed by atoms with Gasteiger partial charge in [-0.2, -0.15) is 0 Å². The van der Waals surface area contributed by atoms with E-state index < -0.39 is 11.5 Å². The third-order valence-electron chi connectivity index (χ3n) is 4.83. The first-order valence-corrected chi connectivity index (χ1v) is 9.16. The molecule has 1 amide bonds. The maximum atomic E-state index is 11.7. The number of hydrogen-bond donors (Lipinski definition) is 2. The molecule has 6 heteroatoms. The molecule has 0 saturated carbocycles. The molecule has 1 fully saturated rings. The lowest BCUT2D eigenvalue weighted by Gasteiger charge is -2.43. The number of carbonyl (C=O) groups is 2. The van der Waals surface area contributed by atoms with E-state index in [9.17, 15) is 9.59 Å². The summed E-state index contributed by atoms with van der Waals surface area (Å²) < 4.78 is 6.33. The number of aromatic carboxylic acids is 1. The van der Waals surface area contributed by atoms with Crippen LogP contribution in [0, 0.1) is 0 Å². The Hall–Kier alpha value is -2.37. The van der Waals surface area contributed by atoms with Crippen LogP contribution in [0.15, 0.2) is 48.5 Å². The number of nitrogens with one attached hydrogen (secondary N) is 1. The zero-order chi connectivity index (χ0) is 19.6. The zero-order valence-corrected chi connectivity index (χ0v) is 16.0. The third kappa shape index (κ3) is 4.67. The van der Waals surface area contributed by atoms with E-state index in [4.69, 9.17) is 21.4 Å². The molecule has 1 heterocycles. The summed E-state index contributed by atoms with van der Waals surface area (Å²) in [5.74, 6) is -1.06. The van der Waals surface area contributed by atoms with Crippen LogP contribution in [0.3, 0.4) is 0 Å². The Labute approximate surface area is 163 Å². The summed E-state index contributed by atoms with van der Waals surface area (Å²) in [6, 6.07) is 14.2. The highest BCUT2D eigenvalue weighted by Crippen LogP contribution is 2.44. The average Bonchev–Trinajstić information content (AvgIpc) is 2.60. The molecule has 3 atom stereocenters. The largest absolute Gasteiger partial charge is 0.478 e. The molecule has 0 spiro atoms. The molecule has 1 saturated heterocycles. The Kier molecular flexibility index (Phi) is 5.53. The second-order valence-electron chi connectivity index (χ2n) is 7.25. The lowest BCUT2D eigenvalue weighted by atomic mass is 9.81. The zero-order valence-electron chi connectivity index (χ0n) is 15.2. The van der Waals surface area contributed by atoms with Gasteiger partial charge in [0.2, 0.25) is 5.91 Å². The number of hydrogen-bond acceptors (Lipinski definition) is 3. The number of rotatable bonds is 4. The summed E-state index contributed by atoms with van der Waals surface area (Å²) in [7, 11) is 0. The summed E-state index contributed by atoms with van der Waals surface area (Å²) in [4.78, 5) is 22.8. The van der Waals surface area contributed by atoms with Crippen molar-refractivity contribution in [3.8, 4) is 0 Å². The standard InChI is InChI=1S/C21H22ClNO4/c1-13(24)23-21(2)11-18(14-6-8-15(9-7-14)20(25)26)27-19(12-21)16-4-3-5-17(22)10-16/h3-10,18-19H,11-12H2,1-2H3,(H,23,24)(H,25,26)/t18-,19+,21+/m1/s1. The summed E-state index contributed by atoms with van der Waals surface area (Å²) >= 11 is 6.14. The van der Waals surface area contributed by atoms with Crippen molar-refractivity contribution in [2.24, 2.45) is 0 Å². The van der Waals surface area contributed by atoms with Crippen LogP contribution in [0.1, 0.15) is 60.4 Å². The van der Waals surface area contributed by atoms with E-state index in [0.29, 0.717) is 17.9 Å². The molecule has 0 radical (unpaired) electrons. The second-order valence-corrected chi connectivity index (χ2v) is 7.68. The highest BCUT2D eigenvalue weighted by atomic mass is 35.5. The summed E-state index contributed by atoms with van der Waals surface area (Å²) in [5, 5.41) is 12.8. The van der Waals surface area contributed by atoms with Gasteiger partial charge in [0.05, 0.1) is 17.8 Å². The van der Waals surface area contributed by atoms with Crippen molar-refractivity contribution in [1.29, 1.82) is 0 Å². The van der Waals surface area contributed by atoms with Crippen LogP contribution >= 0.6 is 11.6 Å². The quantitative estimate of drug-likeness (QED) is 0.808. The number of halogens is 1. The molecule has 3 rings (SSSR count). The van der Waals surface area contributed by atoms with Gasteiger partial charge in [0.1, 0.15) is 0 Å². The smallest absolute Gasteiger partial charge is 0.335 e. The first-order chi connectivity index (χ1) is 12.8. The topological polar surface area (TPSA) is 75.6 Å². The van der Waals surface area contributed by atoms with Crippen molar-refractivity contribution in [2.45, 2.75) is 44.4 Å². The van der Waals surface area contributed by atoms with Crippen LogP contribution in [0.5, 0.6) is 0 Å². The van der Waals surface area contributed by atoms with Gasteiger partial charge in [0.15, 0.2) is 0 Å². The molecule has 27 heavy (non-hydrogen) atoms. The molecule has 2 N–H and O–H groups in total. The van der Waals surface area contributed by atoms with E-state index >= 15 is 0 Å². The van der Waals surface area contributed by atoms with E-state index in [-0.39, 0.29) is 23.7 Å². The van der Waals surface area contributed by atoms with Crippen LogP contribution in [-0.4, -0.2) is 22.5 Å². The fourth-order valence-electron chi connectivity index (χ4n) is 3.66. The minimum absolute atomic E-state index is 0.0933. The van der Waals surface area contributed by atoms with Crippen molar-refractivity contribution in [1.82, 2.24) is 5.32 Å². The van der Waals surface area contributed by atoms with Gasteiger partial charge in [-0.05, 0) is 42.3 Å². The van der Waals surface area contributed by atoms with Crippen LogP contribution in [0.4, 0.5) is 0 Å². The fourth-order valence-corrected chi connectivity index (χ4v) is 3.86. The Balaban J connectivity index is 1.92. The number of amides is 1. The molecular weight excluding hydrogens is 366 g/mol. The third-order valence-corrected chi connectivity index (χ3v) is 5.06. The summed E-state index contributed by atoms with van der Waals surface area (Å²) in [5.41, 5.74) is 1.60. The molecule has 5 nitrogen and oxygen atoms in total. The van der Waals surface area contributed by atoms with Gasteiger partial charge in [0.25, 0.3) is 0 Å². The maximum Gasteiger partial charge on any atom is 0.335 e. The molecule has 0 aliphatic carbocycles. The van der Waals surface area contributed by atoms with Gasteiger partial charge in [0, 0.05) is 30.3 Å². The van der Waals surface area contributed by atoms with Gasteiger partial charge >= 0.3 is 5.97 Å². The van der Waals surface area contributed by atoms with Gasteiger partial charge in [-0.1, -0.05) is 35.9 Å². The van der Waals surface area contributed by atoms with E-state index in [0.717, 1.165) is 11.1 Å². The normalized spacial score (nSPS) is 25.0. The maximum absolute atomic E-state index is 11.7. The first-order valence-electron chi connectivity index (χ1n) is 8.79. The van der Waals surface area contributed by atoms with Crippen molar-refractivity contribution >= 4 is 23.5 Å². The summed E-state index contributed by atoms with van der Waals surface area (Å²) in [6.45, 7) is 3.51. The number of benzene rings is 2. The molecule has 1 aliphatic rings. The highest BCUT2D eigenvalue weighted by molar-refractivity contribution is 6.30. The number of carbonyl (C=O) groups excluding carboxylic acids is 1. The van der Waals surface area contributed by atoms with E-state index in [1.807, 2.05) is 31.2 Å². The Morgan fingerprint density at radius 2 is 1.74 bits per heavy atom. The molecule has 2 aromatic carbocycles. The summed E-state index contributed by atoms with van der Waals surface area (Å²) in [6.07, 6.45) is 0.702. The lowest BCUT2D eigenvalue weighted by molar-refractivity contribution is -0.126. The number of carboxylic acids is 1. The van der Waals surface area contributed by atoms with Gasteiger partial charge in [-0.25, -0.2) is 4.79 Å². The molecule has 142 valence electrons. The lowest BCUT2D eigenvalue weighted by Crippen LogP contribution is -2.50. The molecule has 0 bridgehead atoms. The van der Waals surface area contributed by atoms with Gasteiger partial charge in [-0.15, -0.1) is 0 Å². The average molecular weight is 388 g/mol. The van der Waals surface area contributed by atoms with E-state index in [1.165, 1.54) is 6.92 Å². The Morgan fingerprint density at radius 1 is 1.11 bits per heavy atom. The highest BCUT2D eigenvalue weighted by Gasteiger charge is 2.39. The Bertz CT molecular complexity index is 852. The van der Waals surface area contributed by atoms with Gasteiger partial charge < -0.3 is 15.2 Å². The first kappa shape index (κ1) is 19.4. The van der Waals surface area contributed by atoms with Crippen molar-refractivity contribution in [3.05, 3.63) is 70.2 Å². The van der Waals surface area contributed by atoms with Gasteiger partial charge in [-0.3, -0.25) is 4.79 Å². The molecule has 0 unspecified atom stereocenters. The second kappa shape index (κ2) is 7.71. The Morgan fingerprint density at radius 3 is 2.30 bits per heavy atom. The molecule has 2 aromatic rings. The van der Waals surface area contributed by atoms with Crippen LogP contribution in [0.2, 0.25) is 5.02 Å². The molecule has 1 aliphatic heterocycles. The van der Waals surface area contributed by atoms with Crippen molar-refractivity contribution in [2.75, 3.05) is 0 Å². The molecule has 0 aromatic heterocycles. The SMILES string of the molecule is CC(=O)N[C@]1(C)C[C@@H](c2cccc(Cl)c2)O[C@@H](c2ccc(C(=O)O)cc2)C1. The van der Waals surface area contributed by atoms with E-state index in [2.05, 4.69) is 5.32 Å². The van der Waals surface area contributed by atoms with Crippen molar-refractivity contribution < 1.29 is 19.4 Å². The number of carboxylic acid groups (broad SMARTS) is 1. The van der Waals surface area contributed by atoms with Crippen LogP contribution < -0.4 is 5.32 Å². The minimum atomic E-state index is -0.967. The fraction of sp³-hybridized carbons (Fsp3) is 0.333. The monoisotopic (exact) mass is 387 g/mol. The van der Waals surface area contributed by atoms with Crippen LogP contribution in [-0.2, 0) is 9.53 Å². The number of ether oxygens (including phenoxy) is 1. The van der Waals surface area contributed by atoms with E-state index in [1.54, 1.807) is 24.3 Å². The minimum Gasteiger partial charge on any atom is -0.478 e. The molecular formula is C21H22ClNO4. The van der Waals surface area contributed by atoms with Crippen molar-refractivity contribution in [3.63, 3.8) is 0 Å².